The average molecular weight is 460 g/mol. The molecule has 30 heavy (non-hydrogen) atoms. The van der Waals surface area contributed by atoms with Crippen LogP contribution in [-0.2, 0) is 41.0 Å². The van der Waals surface area contributed by atoms with Crippen molar-refractivity contribution in [2.45, 2.75) is 19.4 Å². The highest BCUT2D eigenvalue weighted by atomic mass is 32.3. The van der Waals surface area contributed by atoms with Gasteiger partial charge in [0.2, 0.25) is 31.7 Å². The van der Waals surface area contributed by atoms with E-state index >= 15 is 0 Å². The largest absolute Gasteiger partial charge is 0.334 e. The summed E-state index contributed by atoms with van der Waals surface area (Å²) >= 11 is 0. The first kappa shape index (κ1) is 23.5. The third kappa shape index (κ3) is 5.64. The zero-order chi connectivity index (χ0) is 22.7. The molecule has 2 rings (SSSR count). The van der Waals surface area contributed by atoms with Crippen LogP contribution >= 0.6 is 0 Å². The summed E-state index contributed by atoms with van der Waals surface area (Å²) in [6, 6.07) is 5.62. The summed E-state index contributed by atoms with van der Waals surface area (Å²) in [5.74, 6) is -2.61. The number of carbonyl (C=O) groups is 3. The van der Waals surface area contributed by atoms with Crippen molar-refractivity contribution in [3.63, 3.8) is 0 Å². The fourth-order valence-corrected chi connectivity index (χ4v) is 5.95. The lowest BCUT2D eigenvalue weighted by atomic mass is 10.0. The standard InChI is InChI=1S/C17H21N3O8S2/c1-29(25,26)20(30(2,27)28)14-7-5-12(6-8-14)11-19-9-3-4-13(17(19)23)10-15(21)16(22)18-24/h4-8,24H,3,9-11H2,1-2H3,(H,18,22). The van der Waals surface area contributed by atoms with Gasteiger partial charge in [0.1, 0.15) is 0 Å². The number of Topliss-reactive ketones (excluding diaryl/α,β-unsaturated/α-hetero) is 1. The Kier molecular flexibility index (Phi) is 7.00. The number of hydroxylamine groups is 1. The van der Waals surface area contributed by atoms with Crippen LogP contribution in [-0.4, -0.2) is 63.6 Å². The van der Waals surface area contributed by atoms with Gasteiger partial charge in [0.05, 0.1) is 18.2 Å². The van der Waals surface area contributed by atoms with Gasteiger partial charge in [-0.1, -0.05) is 18.2 Å². The van der Waals surface area contributed by atoms with Crippen molar-refractivity contribution < 1.29 is 36.4 Å². The molecule has 164 valence electrons. The molecule has 13 heteroatoms. The Labute approximate surface area is 174 Å². The van der Waals surface area contributed by atoms with Crippen molar-refractivity contribution in [3.8, 4) is 0 Å². The molecule has 0 fully saturated rings. The predicted molar refractivity (Wildman–Crippen MR) is 106 cm³/mol. The van der Waals surface area contributed by atoms with Crippen molar-refractivity contribution in [2.24, 2.45) is 0 Å². The van der Waals surface area contributed by atoms with Crippen LogP contribution in [0.1, 0.15) is 18.4 Å². The summed E-state index contributed by atoms with van der Waals surface area (Å²) in [6.45, 7) is 0.498. The molecule has 0 atom stereocenters. The van der Waals surface area contributed by atoms with E-state index in [-0.39, 0.29) is 17.8 Å². The molecule has 2 amide bonds. The molecule has 11 nitrogen and oxygen atoms in total. The van der Waals surface area contributed by atoms with Crippen molar-refractivity contribution in [2.75, 3.05) is 22.8 Å². The van der Waals surface area contributed by atoms with Crippen LogP contribution in [0.2, 0.25) is 0 Å². The van der Waals surface area contributed by atoms with E-state index in [1.165, 1.54) is 34.6 Å². The summed E-state index contributed by atoms with van der Waals surface area (Å²) in [4.78, 5) is 36.8. The van der Waals surface area contributed by atoms with E-state index < -0.39 is 44.1 Å². The first-order valence-electron chi connectivity index (χ1n) is 8.59. The van der Waals surface area contributed by atoms with Crippen molar-refractivity contribution in [3.05, 3.63) is 41.5 Å². The van der Waals surface area contributed by atoms with Gasteiger partial charge in [-0.3, -0.25) is 19.6 Å². The maximum atomic E-state index is 12.6. The topological polar surface area (TPSA) is 158 Å². The van der Waals surface area contributed by atoms with E-state index in [1.807, 2.05) is 0 Å². The summed E-state index contributed by atoms with van der Waals surface area (Å²) < 4.78 is 47.6. The van der Waals surface area contributed by atoms with E-state index in [0.29, 0.717) is 22.2 Å². The Bertz CT molecular complexity index is 1060. The first-order chi connectivity index (χ1) is 13.8. The highest BCUT2D eigenvalue weighted by molar-refractivity contribution is 8.09. The smallest absolute Gasteiger partial charge is 0.311 e. The monoisotopic (exact) mass is 459 g/mol. The summed E-state index contributed by atoms with van der Waals surface area (Å²) in [5, 5.41) is 8.50. The maximum absolute atomic E-state index is 12.6. The average Bonchev–Trinajstić information content (AvgIpc) is 2.63. The second-order valence-electron chi connectivity index (χ2n) is 6.68. The number of nitrogens with zero attached hydrogens (tertiary/aromatic N) is 2. The molecule has 1 heterocycles. The lowest BCUT2D eigenvalue weighted by molar-refractivity contribution is -0.143. The summed E-state index contributed by atoms with van der Waals surface area (Å²) in [6.07, 6.45) is 3.13. The normalized spacial score (nSPS) is 14.8. The van der Waals surface area contributed by atoms with Crippen LogP contribution in [0.15, 0.2) is 35.9 Å². The van der Waals surface area contributed by atoms with Gasteiger partial charge in [-0.15, -0.1) is 0 Å². The van der Waals surface area contributed by atoms with Gasteiger partial charge in [0, 0.05) is 25.1 Å². The molecule has 0 saturated heterocycles. The minimum Gasteiger partial charge on any atom is -0.334 e. The number of benzene rings is 1. The lowest BCUT2D eigenvalue weighted by Gasteiger charge is -2.27. The molecule has 2 N–H and O–H groups in total. The van der Waals surface area contributed by atoms with Crippen LogP contribution in [0.3, 0.4) is 0 Å². The van der Waals surface area contributed by atoms with Crippen LogP contribution in [0.4, 0.5) is 5.69 Å². The Hall–Kier alpha value is -2.77. The van der Waals surface area contributed by atoms with E-state index in [2.05, 4.69) is 0 Å². The van der Waals surface area contributed by atoms with Gasteiger partial charge in [-0.2, -0.15) is 3.71 Å². The third-order valence-corrected chi connectivity index (χ3v) is 7.43. The molecule has 0 aliphatic carbocycles. The van der Waals surface area contributed by atoms with Gasteiger partial charge in [0.15, 0.2) is 0 Å². The van der Waals surface area contributed by atoms with E-state index in [9.17, 15) is 31.2 Å². The molecule has 1 aliphatic rings. The number of hydrogen-bond donors (Lipinski definition) is 2. The minimum absolute atomic E-state index is 0.0603. The fraction of sp³-hybridized carbons (Fsp3) is 0.353. The number of sulfonamides is 2. The highest BCUT2D eigenvalue weighted by Gasteiger charge is 2.28. The molecule has 0 spiro atoms. The number of hydrogen-bond acceptors (Lipinski definition) is 8. The molecule has 0 bridgehead atoms. The van der Waals surface area contributed by atoms with Crippen molar-refractivity contribution >= 4 is 43.3 Å². The van der Waals surface area contributed by atoms with Crippen LogP contribution < -0.4 is 9.19 Å². The molecule has 0 saturated carbocycles. The second kappa shape index (κ2) is 8.93. The van der Waals surface area contributed by atoms with Crippen LogP contribution in [0.25, 0.3) is 0 Å². The minimum atomic E-state index is -4.06. The fourth-order valence-electron chi connectivity index (χ4n) is 2.97. The SMILES string of the molecule is CS(=O)(=O)N(c1ccc(CN2CCC=C(CC(=O)C(=O)NO)C2=O)cc1)S(C)(=O)=O. The van der Waals surface area contributed by atoms with Gasteiger partial charge in [-0.25, -0.2) is 22.3 Å². The summed E-state index contributed by atoms with van der Waals surface area (Å²) in [7, 11) is -8.12. The number of carbonyl (C=O) groups excluding carboxylic acids is 3. The quantitative estimate of drug-likeness (QED) is 0.300. The molecular weight excluding hydrogens is 438 g/mol. The Morgan fingerprint density at radius 1 is 1.10 bits per heavy atom. The van der Waals surface area contributed by atoms with Gasteiger partial charge < -0.3 is 4.90 Å². The predicted octanol–water partition coefficient (Wildman–Crippen LogP) is -0.464. The molecule has 1 aliphatic heterocycles. The van der Waals surface area contributed by atoms with Crippen molar-refractivity contribution in [1.82, 2.24) is 10.4 Å². The number of amides is 2. The Balaban J connectivity index is 2.16. The molecule has 0 radical (unpaired) electrons. The van der Waals surface area contributed by atoms with Crippen molar-refractivity contribution in [1.29, 1.82) is 0 Å². The lowest BCUT2D eigenvalue weighted by Crippen LogP contribution is -2.37. The molecule has 1 aromatic carbocycles. The molecule has 0 unspecified atom stereocenters. The first-order valence-corrected chi connectivity index (χ1v) is 12.3. The Morgan fingerprint density at radius 3 is 2.17 bits per heavy atom. The zero-order valence-electron chi connectivity index (χ0n) is 16.2. The van der Waals surface area contributed by atoms with Gasteiger partial charge in [-0.05, 0) is 24.1 Å². The van der Waals surface area contributed by atoms with Crippen LogP contribution in [0, 0.1) is 0 Å². The second-order valence-corrected chi connectivity index (χ2v) is 10.6. The maximum Gasteiger partial charge on any atom is 0.311 e. The number of rotatable bonds is 8. The van der Waals surface area contributed by atoms with E-state index in [4.69, 9.17) is 5.21 Å². The van der Waals surface area contributed by atoms with Gasteiger partial charge >= 0.3 is 5.91 Å². The van der Waals surface area contributed by atoms with Crippen LogP contribution in [0.5, 0.6) is 0 Å². The zero-order valence-corrected chi connectivity index (χ0v) is 17.9. The number of nitrogens with one attached hydrogen (secondary N) is 1. The third-order valence-electron chi connectivity index (χ3n) is 4.18. The molecular formula is C17H21N3O8S2. The van der Waals surface area contributed by atoms with Gasteiger partial charge in [0.25, 0.3) is 0 Å². The number of ketones is 1. The summed E-state index contributed by atoms with van der Waals surface area (Å²) in [5.41, 5.74) is 1.90. The van der Waals surface area contributed by atoms with E-state index in [1.54, 1.807) is 6.08 Å². The number of anilines is 1. The highest BCUT2D eigenvalue weighted by Crippen LogP contribution is 2.23. The Morgan fingerprint density at radius 2 is 1.67 bits per heavy atom. The van der Waals surface area contributed by atoms with E-state index in [0.717, 1.165) is 12.5 Å². The molecule has 1 aromatic rings. The molecule has 0 aromatic heterocycles.